The van der Waals surface area contributed by atoms with Crippen molar-refractivity contribution in [3.05, 3.63) is 36.0 Å². The number of aromatic nitrogens is 1. The summed E-state index contributed by atoms with van der Waals surface area (Å²) in [6, 6.07) is 8.15. The van der Waals surface area contributed by atoms with E-state index in [-0.39, 0.29) is 10.8 Å². The molecular formula is C15H15N3O2S. The van der Waals surface area contributed by atoms with E-state index in [9.17, 15) is 8.42 Å². The van der Waals surface area contributed by atoms with E-state index < -0.39 is 16.1 Å². The highest BCUT2D eigenvalue weighted by Gasteiger charge is 2.34. The van der Waals surface area contributed by atoms with Gasteiger partial charge in [-0.3, -0.25) is 4.98 Å². The molecule has 0 aliphatic heterocycles. The molecule has 0 spiro atoms. The van der Waals surface area contributed by atoms with Crippen molar-refractivity contribution in [1.29, 1.82) is 5.26 Å². The Kier molecular flexibility index (Phi) is 3.40. The van der Waals surface area contributed by atoms with Crippen LogP contribution in [0.5, 0.6) is 0 Å². The molecule has 1 N–H and O–H groups in total. The summed E-state index contributed by atoms with van der Waals surface area (Å²) in [6.45, 7) is 1.89. The Morgan fingerprint density at radius 1 is 1.38 bits per heavy atom. The Morgan fingerprint density at radius 2 is 2.14 bits per heavy atom. The maximum absolute atomic E-state index is 12.6. The topological polar surface area (TPSA) is 82.9 Å². The number of hydrogen-bond acceptors (Lipinski definition) is 4. The number of pyridine rings is 1. The van der Waals surface area contributed by atoms with E-state index in [1.807, 2.05) is 13.0 Å². The molecule has 1 atom stereocenters. The highest BCUT2D eigenvalue weighted by molar-refractivity contribution is 7.89. The van der Waals surface area contributed by atoms with Gasteiger partial charge in [-0.1, -0.05) is 6.07 Å². The van der Waals surface area contributed by atoms with Gasteiger partial charge in [0.25, 0.3) is 0 Å². The third-order valence-corrected chi connectivity index (χ3v) is 5.23. The molecule has 1 aromatic carbocycles. The molecule has 3 rings (SSSR count). The molecule has 5 nitrogen and oxygen atoms in total. The van der Waals surface area contributed by atoms with E-state index in [1.165, 1.54) is 0 Å². The van der Waals surface area contributed by atoms with Crippen LogP contribution in [0, 0.1) is 24.2 Å². The SMILES string of the molecule is Cc1ccc(S(=O)(=O)NC(C#N)C2CC2)c2cccnc12. The predicted octanol–water partition coefficient (Wildman–Crippen LogP) is 2.12. The van der Waals surface area contributed by atoms with Crippen molar-refractivity contribution >= 4 is 20.9 Å². The minimum atomic E-state index is -3.73. The highest BCUT2D eigenvalue weighted by Crippen LogP contribution is 2.33. The van der Waals surface area contributed by atoms with Gasteiger partial charge < -0.3 is 0 Å². The first kappa shape index (κ1) is 14.0. The standard InChI is InChI=1S/C15H15N3O2S/c1-10-4-7-14(12-3-2-8-17-15(10)12)21(19,20)18-13(9-16)11-5-6-11/h2-4,7-8,11,13,18H,5-6H2,1H3. The van der Waals surface area contributed by atoms with Gasteiger partial charge in [-0.05, 0) is 49.4 Å². The fraction of sp³-hybridized carbons (Fsp3) is 0.333. The minimum absolute atomic E-state index is 0.139. The molecule has 0 amide bonds. The Bertz CT molecular complexity index is 836. The molecule has 1 fully saturated rings. The number of nitriles is 1. The van der Waals surface area contributed by atoms with Crippen LogP contribution in [0.2, 0.25) is 0 Å². The van der Waals surface area contributed by atoms with E-state index in [2.05, 4.69) is 9.71 Å². The molecular weight excluding hydrogens is 286 g/mol. The maximum atomic E-state index is 12.6. The number of fused-ring (bicyclic) bond motifs is 1. The number of benzene rings is 1. The largest absolute Gasteiger partial charge is 0.256 e. The second-order valence-corrected chi connectivity index (χ2v) is 7.03. The Balaban J connectivity index is 2.07. The van der Waals surface area contributed by atoms with E-state index in [4.69, 9.17) is 5.26 Å². The molecule has 2 aromatic rings. The first-order valence-electron chi connectivity index (χ1n) is 6.79. The van der Waals surface area contributed by atoms with Gasteiger partial charge in [0, 0.05) is 11.6 Å². The van der Waals surface area contributed by atoms with Gasteiger partial charge in [0.05, 0.1) is 16.5 Å². The lowest BCUT2D eigenvalue weighted by atomic mass is 10.1. The third kappa shape index (κ3) is 2.62. The number of hydrogen-bond donors (Lipinski definition) is 1. The summed E-state index contributed by atoms with van der Waals surface area (Å²) in [5.41, 5.74) is 1.59. The van der Waals surface area contributed by atoms with Crippen LogP contribution in [-0.2, 0) is 10.0 Å². The molecule has 0 radical (unpaired) electrons. The molecule has 0 saturated heterocycles. The fourth-order valence-electron chi connectivity index (χ4n) is 2.41. The van der Waals surface area contributed by atoms with Crippen LogP contribution >= 0.6 is 0 Å². The van der Waals surface area contributed by atoms with Gasteiger partial charge in [0.1, 0.15) is 6.04 Å². The Morgan fingerprint density at radius 3 is 2.81 bits per heavy atom. The molecule has 21 heavy (non-hydrogen) atoms. The normalized spacial score (nSPS) is 16.6. The average Bonchev–Trinajstić information content (AvgIpc) is 3.30. The van der Waals surface area contributed by atoms with Crippen molar-refractivity contribution < 1.29 is 8.42 Å². The Hall–Kier alpha value is -1.97. The van der Waals surface area contributed by atoms with Crippen LogP contribution in [0.15, 0.2) is 35.4 Å². The van der Waals surface area contributed by atoms with Crippen LogP contribution < -0.4 is 4.72 Å². The van der Waals surface area contributed by atoms with Crippen molar-refractivity contribution in [2.45, 2.75) is 30.7 Å². The lowest BCUT2D eigenvalue weighted by Gasteiger charge is -2.13. The molecule has 6 heteroatoms. The first-order valence-corrected chi connectivity index (χ1v) is 8.27. The van der Waals surface area contributed by atoms with Crippen LogP contribution in [0.3, 0.4) is 0 Å². The molecule has 1 heterocycles. The van der Waals surface area contributed by atoms with Gasteiger partial charge in [-0.2, -0.15) is 9.98 Å². The highest BCUT2D eigenvalue weighted by atomic mass is 32.2. The van der Waals surface area contributed by atoms with E-state index in [1.54, 1.807) is 30.5 Å². The first-order chi connectivity index (χ1) is 10.0. The second kappa shape index (κ2) is 5.10. The number of rotatable bonds is 4. The summed E-state index contributed by atoms with van der Waals surface area (Å²) in [6.07, 6.45) is 3.44. The number of sulfonamides is 1. The van der Waals surface area contributed by atoms with E-state index in [0.29, 0.717) is 10.9 Å². The minimum Gasteiger partial charge on any atom is -0.256 e. The Labute approximate surface area is 123 Å². The zero-order valence-electron chi connectivity index (χ0n) is 11.6. The zero-order chi connectivity index (χ0) is 15.0. The molecule has 0 bridgehead atoms. The summed E-state index contributed by atoms with van der Waals surface area (Å²) < 4.78 is 27.7. The summed E-state index contributed by atoms with van der Waals surface area (Å²) in [5.74, 6) is 0.139. The van der Waals surface area contributed by atoms with E-state index >= 15 is 0 Å². The van der Waals surface area contributed by atoms with Gasteiger partial charge in [0.2, 0.25) is 10.0 Å². The van der Waals surface area contributed by atoms with Gasteiger partial charge in [-0.15, -0.1) is 0 Å². The molecule has 1 unspecified atom stereocenters. The van der Waals surface area contributed by atoms with Gasteiger partial charge in [0.15, 0.2) is 0 Å². The quantitative estimate of drug-likeness (QED) is 0.937. The lowest BCUT2D eigenvalue weighted by molar-refractivity contribution is 0.561. The van der Waals surface area contributed by atoms with Gasteiger partial charge >= 0.3 is 0 Å². The maximum Gasteiger partial charge on any atom is 0.242 e. The van der Waals surface area contributed by atoms with Crippen molar-refractivity contribution in [3.63, 3.8) is 0 Å². The average molecular weight is 301 g/mol. The van der Waals surface area contributed by atoms with Crippen LogP contribution in [0.1, 0.15) is 18.4 Å². The third-order valence-electron chi connectivity index (χ3n) is 3.74. The molecule has 1 aliphatic rings. The van der Waals surface area contributed by atoms with Crippen LogP contribution in [0.25, 0.3) is 10.9 Å². The zero-order valence-corrected chi connectivity index (χ0v) is 12.4. The summed E-state index contributed by atoms with van der Waals surface area (Å²) in [4.78, 5) is 4.42. The van der Waals surface area contributed by atoms with Crippen LogP contribution in [-0.4, -0.2) is 19.4 Å². The number of nitrogens with zero attached hydrogens (tertiary/aromatic N) is 2. The summed E-state index contributed by atoms with van der Waals surface area (Å²) >= 11 is 0. The second-order valence-electron chi connectivity index (χ2n) is 5.35. The van der Waals surface area contributed by atoms with Crippen molar-refractivity contribution in [1.82, 2.24) is 9.71 Å². The smallest absolute Gasteiger partial charge is 0.242 e. The molecule has 1 aliphatic carbocycles. The monoisotopic (exact) mass is 301 g/mol. The van der Waals surface area contributed by atoms with Crippen molar-refractivity contribution in [2.24, 2.45) is 5.92 Å². The van der Waals surface area contributed by atoms with E-state index in [0.717, 1.165) is 18.4 Å². The van der Waals surface area contributed by atoms with Crippen molar-refractivity contribution in [2.75, 3.05) is 0 Å². The number of nitrogens with one attached hydrogen (secondary N) is 1. The molecule has 1 aromatic heterocycles. The summed E-state index contributed by atoms with van der Waals surface area (Å²) in [7, 11) is -3.73. The van der Waals surface area contributed by atoms with Gasteiger partial charge in [-0.25, -0.2) is 8.42 Å². The number of aryl methyl sites for hydroxylation is 1. The summed E-state index contributed by atoms with van der Waals surface area (Å²) in [5, 5.41) is 9.70. The van der Waals surface area contributed by atoms with Crippen LogP contribution in [0.4, 0.5) is 0 Å². The molecule has 108 valence electrons. The van der Waals surface area contributed by atoms with Crippen molar-refractivity contribution in [3.8, 4) is 6.07 Å². The fourth-order valence-corrected chi connectivity index (χ4v) is 3.82. The molecule has 1 saturated carbocycles. The lowest BCUT2D eigenvalue weighted by Crippen LogP contribution is -2.35. The predicted molar refractivity (Wildman–Crippen MR) is 78.9 cm³/mol.